The predicted molar refractivity (Wildman–Crippen MR) is 53.2 cm³/mol. The summed E-state index contributed by atoms with van der Waals surface area (Å²) in [6.07, 6.45) is 4.88. The van der Waals surface area contributed by atoms with Crippen LogP contribution in [-0.2, 0) is 11.4 Å². The fourth-order valence-corrected chi connectivity index (χ4v) is 1.80. The van der Waals surface area contributed by atoms with Gasteiger partial charge in [-0.3, -0.25) is 14.7 Å². The first-order chi connectivity index (χ1) is 6.88. The van der Waals surface area contributed by atoms with E-state index in [4.69, 9.17) is 10.7 Å². The van der Waals surface area contributed by atoms with E-state index in [9.17, 15) is 0 Å². The number of aromatic nitrogens is 1. The first-order valence-electron chi connectivity index (χ1n) is 4.85. The molecule has 0 aliphatic carbocycles. The Morgan fingerprint density at radius 2 is 2.29 bits per heavy atom. The molecule has 1 aliphatic heterocycles. The number of nitrogens with two attached hydrogens (primary N) is 1. The highest BCUT2D eigenvalue weighted by molar-refractivity contribution is 5.09. The lowest BCUT2D eigenvalue weighted by molar-refractivity contribution is 0.0589. The summed E-state index contributed by atoms with van der Waals surface area (Å²) < 4.78 is 0. The second kappa shape index (κ2) is 4.50. The topological polar surface area (TPSA) is 51.4 Å². The number of hydrogen-bond donors (Lipinski definition) is 1. The normalized spacial score (nSPS) is 22.8. The SMILES string of the molecule is NOC1CCN(Cc2ccncc2)C1. The molecule has 1 unspecified atom stereocenters. The fraction of sp³-hybridized carbons (Fsp3) is 0.500. The monoisotopic (exact) mass is 193 g/mol. The molecule has 4 heteroatoms. The Bertz CT molecular complexity index is 278. The first-order valence-corrected chi connectivity index (χ1v) is 4.85. The van der Waals surface area contributed by atoms with Crippen LogP contribution in [-0.4, -0.2) is 29.1 Å². The van der Waals surface area contributed by atoms with Crippen molar-refractivity contribution in [3.8, 4) is 0 Å². The third kappa shape index (κ3) is 2.29. The Balaban J connectivity index is 1.88. The minimum atomic E-state index is 0.205. The van der Waals surface area contributed by atoms with Gasteiger partial charge < -0.3 is 0 Å². The fourth-order valence-electron chi connectivity index (χ4n) is 1.80. The Morgan fingerprint density at radius 3 is 2.93 bits per heavy atom. The van der Waals surface area contributed by atoms with Crippen molar-refractivity contribution in [3.63, 3.8) is 0 Å². The maximum Gasteiger partial charge on any atom is 0.0926 e. The predicted octanol–water partition coefficient (Wildman–Crippen LogP) is 0.546. The van der Waals surface area contributed by atoms with Crippen LogP contribution in [0.15, 0.2) is 24.5 Å². The summed E-state index contributed by atoms with van der Waals surface area (Å²) in [5, 5.41) is 0. The van der Waals surface area contributed by atoms with Crippen molar-refractivity contribution >= 4 is 0 Å². The van der Waals surface area contributed by atoms with E-state index >= 15 is 0 Å². The lowest BCUT2D eigenvalue weighted by atomic mass is 10.2. The van der Waals surface area contributed by atoms with Gasteiger partial charge in [0.2, 0.25) is 0 Å². The molecule has 76 valence electrons. The second-order valence-corrected chi connectivity index (χ2v) is 3.64. The molecule has 1 saturated heterocycles. The van der Waals surface area contributed by atoms with Crippen LogP contribution < -0.4 is 5.90 Å². The summed E-state index contributed by atoms with van der Waals surface area (Å²) in [5.41, 5.74) is 1.29. The molecule has 0 spiro atoms. The molecule has 0 bridgehead atoms. The maximum absolute atomic E-state index is 5.15. The van der Waals surface area contributed by atoms with E-state index in [1.807, 2.05) is 24.5 Å². The third-order valence-electron chi connectivity index (χ3n) is 2.58. The van der Waals surface area contributed by atoms with Crippen molar-refractivity contribution in [1.82, 2.24) is 9.88 Å². The molecule has 2 heterocycles. The van der Waals surface area contributed by atoms with Crippen LogP contribution in [0.1, 0.15) is 12.0 Å². The number of rotatable bonds is 3. The van der Waals surface area contributed by atoms with Gasteiger partial charge in [-0.25, -0.2) is 5.90 Å². The maximum atomic E-state index is 5.15. The van der Waals surface area contributed by atoms with Crippen LogP contribution in [0.5, 0.6) is 0 Å². The Kier molecular flexibility index (Phi) is 3.08. The molecule has 1 aromatic heterocycles. The zero-order valence-electron chi connectivity index (χ0n) is 8.10. The molecule has 2 rings (SSSR count). The quantitative estimate of drug-likeness (QED) is 0.712. The molecular weight excluding hydrogens is 178 g/mol. The Hall–Kier alpha value is -0.970. The largest absolute Gasteiger partial charge is 0.300 e. The number of nitrogens with zero attached hydrogens (tertiary/aromatic N) is 2. The van der Waals surface area contributed by atoms with Gasteiger partial charge in [0.1, 0.15) is 0 Å². The highest BCUT2D eigenvalue weighted by atomic mass is 16.6. The van der Waals surface area contributed by atoms with E-state index in [-0.39, 0.29) is 6.10 Å². The van der Waals surface area contributed by atoms with E-state index < -0.39 is 0 Å². The minimum Gasteiger partial charge on any atom is -0.300 e. The number of pyridine rings is 1. The molecule has 1 aliphatic rings. The molecule has 4 nitrogen and oxygen atoms in total. The van der Waals surface area contributed by atoms with Crippen molar-refractivity contribution < 1.29 is 4.84 Å². The molecule has 14 heavy (non-hydrogen) atoms. The lowest BCUT2D eigenvalue weighted by Gasteiger charge is -2.14. The molecule has 1 aromatic rings. The van der Waals surface area contributed by atoms with Crippen LogP contribution >= 0.6 is 0 Å². The highest BCUT2D eigenvalue weighted by Crippen LogP contribution is 2.13. The van der Waals surface area contributed by atoms with Crippen LogP contribution in [0.4, 0.5) is 0 Å². The van der Waals surface area contributed by atoms with Crippen LogP contribution in [0.3, 0.4) is 0 Å². The number of hydrogen-bond acceptors (Lipinski definition) is 4. The zero-order valence-corrected chi connectivity index (χ0v) is 8.10. The average molecular weight is 193 g/mol. The lowest BCUT2D eigenvalue weighted by Crippen LogP contribution is -2.24. The Morgan fingerprint density at radius 1 is 1.50 bits per heavy atom. The summed E-state index contributed by atoms with van der Waals surface area (Å²) >= 11 is 0. The molecule has 0 aromatic carbocycles. The van der Waals surface area contributed by atoms with Crippen LogP contribution in [0, 0.1) is 0 Å². The van der Waals surface area contributed by atoms with Gasteiger partial charge in [0, 0.05) is 32.0 Å². The van der Waals surface area contributed by atoms with Gasteiger partial charge in [-0.15, -0.1) is 0 Å². The van der Waals surface area contributed by atoms with E-state index in [2.05, 4.69) is 9.88 Å². The van der Waals surface area contributed by atoms with Crippen molar-refractivity contribution in [2.24, 2.45) is 5.90 Å². The van der Waals surface area contributed by atoms with Gasteiger partial charge in [0.15, 0.2) is 0 Å². The summed E-state index contributed by atoms with van der Waals surface area (Å²) in [6, 6.07) is 4.08. The molecular formula is C10H15N3O. The van der Waals surface area contributed by atoms with Gasteiger partial charge in [-0.1, -0.05) is 0 Å². The summed E-state index contributed by atoms with van der Waals surface area (Å²) in [4.78, 5) is 11.2. The second-order valence-electron chi connectivity index (χ2n) is 3.64. The van der Waals surface area contributed by atoms with Crippen molar-refractivity contribution in [2.45, 2.75) is 19.1 Å². The van der Waals surface area contributed by atoms with Gasteiger partial charge in [0.05, 0.1) is 6.10 Å². The van der Waals surface area contributed by atoms with E-state index in [0.29, 0.717) is 0 Å². The molecule has 2 N–H and O–H groups in total. The summed E-state index contributed by atoms with van der Waals surface area (Å²) in [5.74, 6) is 5.15. The van der Waals surface area contributed by atoms with Crippen LogP contribution in [0.2, 0.25) is 0 Å². The summed E-state index contributed by atoms with van der Waals surface area (Å²) in [6.45, 7) is 2.95. The average Bonchev–Trinajstić information content (AvgIpc) is 2.67. The number of likely N-dealkylation sites (tertiary alicyclic amines) is 1. The van der Waals surface area contributed by atoms with Gasteiger partial charge in [-0.05, 0) is 24.1 Å². The zero-order chi connectivity index (χ0) is 9.80. The standard InChI is InChI=1S/C10H15N3O/c11-14-10-3-6-13(8-10)7-9-1-4-12-5-2-9/h1-2,4-5,10H,3,6-8,11H2. The summed E-state index contributed by atoms with van der Waals surface area (Å²) in [7, 11) is 0. The van der Waals surface area contributed by atoms with E-state index in [1.165, 1.54) is 5.56 Å². The molecule has 0 amide bonds. The molecule has 1 atom stereocenters. The highest BCUT2D eigenvalue weighted by Gasteiger charge is 2.22. The smallest absolute Gasteiger partial charge is 0.0926 e. The molecule has 0 saturated carbocycles. The van der Waals surface area contributed by atoms with Gasteiger partial charge >= 0.3 is 0 Å². The van der Waals surface area contributed by atoms with Crippen LogP contribution in [0.25, 0.3) is 0 Å². The van der Waals surface area contributed by atoms with Gasteiger partial charge in [-0.2, -0.15) is 0 Å². The van der Waals surface area contributed by atoms with Crippen molar-refractivity contribution in [3.05, 3.63) is 30.1 Å². The van der Waals surface area contributed by atoms with E-state index in [1.54, 1.807) is 0 Å². The molecule has 0 radical (unpaired) electrons. The van der Waals surface area contributed by atoms with E-state index in [0.717, 1.165) is 26.1 Å². The minimum absolute atomic E-state index is 0.205. The Labute approximate surface area is 83.6 Å². The van der Waals surface area contributed by atoms with Crippen molar-refractivity contribution in [2.75, 3.05) is 13.1 Å². The third-order valence-corrected chi connectivity index (χ3v) is 2.58. The first kappa shape index (κ1) is 9.58. The van der Waals surface area contributed by atoms with Gasteiger partial charge in [0.25, 0.3) is 0 Å². The van der Waals surface area contributed by atoms with Crippen molar-refractivity contribution in [1.29, 1.82) is 0 Å². The molecule has 1 fully saturated rings.